The number of carbonyl (C=O) groups is 2. The predicted octanol–water partition coefficient (Wildman–Crippen LogP) is 2.27. The highest BCUT2D eigenvalue weighted by Gasteiger charge is 2.18. The van der Waals surface area contributed by atoms with E-state index in [0.717, 1.165) is 44.8 Å². The number of rotatable bonds is 8. The summed E-state index contributed by atoms with van der Waals surface area (Å²) in [5, 5.41) is 2.78. The molecule has 1 heterocycles. The van der Waals surface area contributed by atoms with E-state index in [-0.39, 0.29) is 11.8 Å². The maximum absolute atomic E-state index is 12.3. The predicted molar refractivity (Wildman–Crippen MR) is 103 cm³/mol. The highest BCUT2D eigenvalue weighted by molar-refractivity contribution is 5.88. The molecule has 1 aromatic carbocycles. The molecule has 1 fully saturated rings. The molecule has 6 heteroatoms. The zero-order chi connectivity index (χ0) is 18.8. The molecule has 1 N–H and O–H groups in total. The summed E-state index contributed by atoms with van der Waals surface area (Å²) in [5.41, 5.74) is 2.02. The molecule has 26 heavy (non-hydrogen) atoms. The third-order valence-corrected chi connectivity index (χ3v) is 4.32. The first kappa shape index (κ1) is 20.1. The fourth-order valence-corrected chi connectivity index (χ4v) is 3.02. The topological polar surface area (TPSA) is 61.9 Å². The number of carbonyl (C=O) groups excluding carboxylic acids is 2. The van der Waals surface area contributed by atoms with E-state index in [0.29, 0.717) is 19.6 Å². The van der Waals surface area contributed by atoms with E-state index in [2.05, 4.69) is 16.8 Å². The maximum Gasteiger partial charge on any atom is 0.224 e. The van der Waals surface area contributed by atoms with E-state index in [1.54, 1.807) is 6.08 Å². The summed E-state index contributed by atoms with van der Waals surface area (Å²) in [5.74, 6) is 0.0977. The Kier molecular flexibility index (Phi) is 8.31. The first-order valence-electron chi connectivity index (χ1n) is 9.14. The van der Waals surface area contributed by atoms with Crippen LogP contribution in [0.3, 0.4) is 0 Å². The van der Waals surface area contributed by atoms with E-state index < -0.39 is 0 Å². The fraction of sp³-hybridized carbons (Fsp3) is 0.500. The van der Waals surface area contributed by atoms with Gasteiger partial charge < -0.3 is 15.0 Å². The summed E-state index contributed by atoms with van der Waals surface area (Å²) in [6.07, 6.45) is 3.10. The second kappa shape index (κ2) is 10.7. The number of hydrogen-bond acceptors (Lipinski definition) is 4. The van der Waals surface area contributed by atoms with Gasteiger partial charge in [-0.3, -0.25) is 14.5 Å². The van der Waals surface area contributed by atoms with E-state index in [9.17, 15) is 9.59 Å². The minimum Gasteiger partial charge on any atom is -0.377 e. The SMILES string of the molecule is C=CCOCCC(=O)N1CCCN(Cc2ccc(NC(C)=O)cc2)CC1. The zero-order valence-corrected chi connectivity index (χ0v) is 15.6. The van der Waals surface area contributed by atoms with Crippen molar-refractivity contribution in [2.45, 2.75) is 26.3 Å². The van der Waals surface area contributed by atoms with Crippen molar-refractivity contribution in [3.63, 3.8) is 0 Å². The van der Waals surface area contributed by atoms with Crippen LogP contribution in [0.15, 0.2) is 36.9 Å². The van der Waals surface area contributed by atoms with E-state index in [1.165, 1.54) is 12.5 Å². The van der Waals surface area contributed by atoms with Gasteiger partial charge in [0.2, 0.25) is 11.8 Å². The molecular formula is C20H29N3O3. The summed E-state index contributed by atoms with van der Waals surface area (Å²) in [7, 11) is 0. The second-order valence-electron chi connectivity index (χ2n) is 6.50. The Balaban J connectivity index is 1.78. The third-order valence-electron chi connectivity index (χ3n) is 4.32. The molecule has 1 saturated heterocycles. The van der Waals surface area contributed by atoms with Crippen LogP contribution in [0.2, 0.25) is 0 Å². The molecule has 1 aliphatic heterocycles. The second-order valence-corrected chi connectivity index (χ2v) is 6.50. The van der Waals surface area contributed by atoms with Crippen LogP contribution in [0.1, 0.15) is 25.3 Å². The molecule has 2 amide bonds. The molecule has 0 radical (unpaired) electrons. The molecule has 0 bridgehead atoms. The van der Waals surface area contributed by atoms with Crippen molar-refractivity contribution in [3.05, 3.63) is 42.5 Å². The van der Waals surface area contributed by atoms with Gasteiger partial charge in [-0.1, -0.05) is 18.2 Å². The average molecular weight is 359 g/mol. The van der Waals surface area contributed by atoms with Crippen LogP contribution in [0.4, 0.5) is 5.69 Å². The standard InChI is InChI=1S/C20H29N3O3/c1-3-14-26-15-9-20(25)23-11-4-10-22(12-13-23)16-18-5-7-19(8-6-18)21-17(2)24/h3,5-8H,1,4,9-16H2,2H3,(H,21,24). The quantitative estimate of drug-likeness (QED) is 0.571. The van der Waals surface area contributed by atoms with Gasteiger partial charge in [0.1, 0.15) is 0 Å². The number of anilines is 1. The number of nitrogens with zero attached hydrogens (tertiary/aromatic N) is 2. The van der Waals surface area contributed by atoms with Gasteiger partial charge in [0.05, 0.1) is 19.6 Å². The lowest BCUT2D eigenvalue weighted by atomic mass is 10.2. The maximum atomic E-state index is 12.3. The van der Waals surface area contributed by atoms with Gasteiger partial charge in [-0.05, 0) is 24.1 Å². The number of nitrogens with one attached hydrogen (secondary N) is 1. The lowest BCUT2D eigenvalue weighted by molar-refractivity contribution is -0.132. The highest BCUT2D eigenvalue weighted by Crippen LogP contribution is 2.13. The summed E-state index contributed by atoms with van der Waals surface area (Å²) < 4.78 is 5.31. The molecule has 0 aromatic heterocycles. The van der Waals surface area contributed by atoms with E-state index >= 15 is 0 Å². The molecule has 6 nitrogen and oxygen atoms in total. The fourth-order valence-electron chi connectivity index (χ4n) is 3.02. The largest absolute Gasteiger partial charge is 0.377 e. The molecule has 0 saturated carbocycles. The smallest absolute Gasteiger partial charge is 0.224 e. The van der Waals surface area contributed by atoms with Crippen LogP contribution in [0, 0.1) is 0 Å². The Morgan fingerprint density at radius 3 is 2.65 bits per heavy atom. The number of amides is 2. The molecule has 0 atom stereocenters. The van der Waals surface area contributed by atoms with Gasteiger partial charge >= 0.3 is 0 Å². The van der Waals surface area contributed by atoms with Gasteiger partial charge in [-0.15, -0.1) is 6.58 Å². The van der Waals surface area contributed by atoms with Gasteiger partial charge in [-0.2, -0.15) is 0 Å². The van der Waals surface area contributed by atoms with Crippen LogP contribution < -0.4 is 5.32 Å². The van der Waals surface area contributed by atoms with Crippen molar-refractivity contribution < 1.29 is 14.3 Å². The summed E-state index contributed by atoms with van der Waals surface area (Å²) in [6, 6.07) is 7.92. The minimum absolute atomic E-state index is 0.0649. The van der Waals surface area contributed by atoms with Crippen LogP contribution in [0.25, 0.3) is 0 Å². The zero-order valence-electron chi connectivity index (χ0n) is 15.6. The van der Waals surface area contributed by atoms with Gasteiger partial charge in [0.15, 0.2) is 0 Å². The van der Waals surface area contributed by atoms with Crippen molar-refractivity contribution in [2.75, 3.05) is 44.7 Å². The summed E-state index contributed by atoms with van der Waals surface area (Å²) in [4.78, 5) is 27.7. The van der Waals surface area contributed by atoms with Crippen molar-refractivity contribution in [1.82, 2.24) is 9.80 Å². The van der Waals surface area contributed by atoms with Crippen LogP contribution in [-0.4, -0.2) is 61.0 Å². The molecule has 1 aromatic rings. The minimum atomic E-state index is -0.0649. The monoisotopic (exact) mass is 359 g/mol. The summed E-state index contributed by atoms with van der Waals surface area (Å²) >= 11 is 0. The van der Waals surface area contributed by atoms with Crippen molar-refractivity contribution in [3.8, 4) is 0 Å². The lowest BCUT2D eigenvalue weighted by Gasteiger charge is -2.22. The van der Waals surface area contributed by atoms with Crippen LogP contribution in [0.5, 0.6) is 0 Å². The number of hydrogen-bond donors (Lipinski definition) is 1. The average Bonchev–Trinajstić information content (AvgIpc) is 2.85. The first-order valence-corrected chi connectivity index (χ1v) is 9.14. The Morgan fingerprint density at radius 2 is 1.96 bits per heavy atom. The highest BCUT2D eigenvalue weighted by atomic mass is 16.5. The van der Waals surface area contributed by atoms with Gasteiger partial charge in [0.25, 0.3) is 0 Å². The Hall–Kier alpha value is -2.18. The first-order chi connectivity index (χ1) is 12.6. The number of benzene rings is 1. The molecule has 1 aliphatic rings. The van der Waals surface area contributed by atoms with Gasteiger partial charge in [0, 0.05) is 45.3 Å². The van der Waals surface area contributed by atoms with Crippen LogP contribution in [-0.2, 0) is 20.9 Å². The van der Waals surface area contributed by atoms with E-state index in [1.807, 2.05) is 29.2 Å². The lowest BCUT2D eigenvalue weighted by Crippen LogP contribution is -2.35. The normalized spacial score (nSPS) is 15.3. The van der Waals surface area contributed by atoms with Crippen molar-refractivity contribution in [1.29, 1.82) is 0 Å². The van der Waals surface area contributed by atoms with E-state index in [4.69, 9.17) is 4.74 Å². The van der Waals surface area contributed by atoms with Crippen molar-refractivity contribution in [2.24, 2.45) is 0 Å². The molecule has 0 aliphatic carbocycles. The molecule has 0 spiro atoms. The van der Waals surface area contributed by atoms with Gasteiger partial charge in [-0.25, -0.2) is 0 Å². The molecule has 2 rings (SSSR count). The Labute approximate surface area is 155 Å². The Bertz CT molecular complexity index is 601. The molecule has 0 unspecified atom stereocenters. The Morgan fingerprint density at radius 1 is 1.19 bits per heavy atom. The molecular weight excluding hydrogens is 330 g/mol. The van der Waals surface area contributed by atoms with Crippen molar-refractivity contribution >= 4 is 17.5 Å². The number of ether oxygens (including phenoxy) is 1. The van der Waals surface area contributed by atoms with Crippen LogP contribution >= 0.6 is 0 Å². The molecule has 142 valence electrons. The summed E-state index contributed by atoms with van der Waals surface area (Å²) in [6.45, 7) is 10.3. The third kappa shape index (κ3) is 6.98.